The zero-order valence-corrected chi connectivity index (χ0v) is 15.8. The molecule has 6 nitrogen and oxygen atoms in total. The van der Waals surface area contributed by atoms with E-state index in [-0.39, 0.29) is 16.4 Å². The van der Waals surface area contributed by atoms with E-state index in [1.54, 1.807) is 12.1 Å². The number of hydrogen-bond acceptors (Lipinski definition) is 5. The van der Waals surface area contributed by atoms with Gasteiger partial charge in [0.2, 0.25) is 0 Å². The van der Waals surface area contributed by atoms with Crippen LogP contribution in [0.25, 0.3) is 6.08 Å². The van der Waals surface area contributed by atoms with Gasteiger partial charge in [-0.05, 0) is 55.8 Å². The van der Waals surface area contributed by atoms with Crippen LogP contribution in [0.15, 0.2) is 46.4 Å². The van der Waals surface area contributed by atoms with E-state index in [2.05, 4.69) is 10.2 Å². The Labute approximate surface area is 166 Å². The van der Waals surface area contributed by atoms with E-state index in [1.807, 2.05) is 6.07 Å². The summed E-state index contributed by atoms with van der Waals surface area (Å²) in [5.74, 6) is -0.871. The largest absolute Gasteiger partial charge is 0.441 e. The van der Waals surface area contributed by atoms with E-state index in [0.717, 1.165) is 30.8 Å². The van der Waals surface area contributed by atoms with Gasteiger partial charge in [0.1, 0.15) is 17.2 Å². The molecule has 0 atom stereocenters. The summed E-state index contributed by atoms with van der Waals surface area (Å²) >= 11 is 5.08. The number of halogens is 1. The van der Waals surface area contributed by atoms with Crippen molar-refractivity contribution in [2.75, 3.05) is 22.9 Å². The number of anilines is 2. The van der Waals surface area contributed by atoms with Crippen molar-refractivity contribution in [1.82, 2.24) is 5.32 Å². The Hall–Kier alpha value is -3.00. The maximum absolute atomic E-state index is 14.2. The molecule has 1 aromatic heterocycles. The molecule has 1 N–H and O–H groups in total. The summed E-state index contributed by atoms with van der Waals surface area (Å²) in [6, 6.07) is 9.28. The van der Waals surface area contributed by atoms with Crippen LogP contribution in [-0.2, 0) is 9.59 Å². The minimum atomic E-state index is -0.699. The van der Waals surface area contributed by atoms with Crippen molar-refractivity contribution in [2.24, 2.45) is 0 Å². The number of rotatable bonds is 3. The monoisotopic (exact) mass is 399 g/mol. The van der Waals surface area contributed by atoms with Gasteiger partial charge >= 0.3 is 0 Å². The highest BCUT2D eigenvalue weighted by Gasteiger charge is 2.36. The highest BCUT2D eigenvalue weighted by Crippen LogP contribution is 2.27. The zero-order valence-electron chi connectivity index (χ0n) is 15.0. The lowest BCUT2D eigenvalue weighted by atomic mass is 10.1. The second-order valence-corrected chi connectivity index (χ2v) is 7.02. The predicted octanol–water partition coefficient (Wildman–Crippen LogP) is 3.24. The fraction of sp³-hybridized carbons (Fsp3) is 0.250. The van der Waals surface area contributed by atoms with Crippen molar-refractivity contribution in [2.45, 2.75) is 19.3 Å². The van der Waals surface area contributed by atoms with Crippen molar-refractivity contribution < 1.29 is 18.4 Å². The minimum absolute atomic E-state index is 0.0168. The Morgan fingerprint density at radius 1 is 1.07 bits per heavy atom. The number of benzene rings is 1. The molecule has 0 aliphatic carbocycles. The first-order valence-electron chi connectivity index (χ1n) is 9.05. The summed E-state index contributed by atoms with van der Waals surface area (Å²) in [7, 11) is 0. The molecule has 2 aromatic rings. The summed E-state index contributed by atoms with van der Waals surface area (Å²) in [5.41, 5.74) is -0.187. The van der Waals surface area contributed by atoms with E-state index in [0.29, 0.717) is 11.6 Å². The fourth-order valence-corrected chi connectivity index (χ4v) is 3.63. The third-order valence-electron chi connectivity index (χ3n) is 4.76. The molecule has 2 amide bonds. The molecular formula is C20H18FN3O3S. The second-order valence-electron chi connectivity index (χ2n) is 6.63. The van der Waals surface area contributed by atoms with Gasteiger partial charge in [-0.2, -0.15) is 0 Å². The number of carbonyl (C=O) groups excluding carboxylic acids is 2. The first-order chi connectivity index (χ1) is 13.5. The van der Waals surface area contributed by atoms with E-state index in [4.69, 9.17) is 16.6 Å². The van der Waals surface area contributed by atoms with Gasteiger partial charge in [0.25, 0.3) is 11.8 Å². The Morgan fingerprint density at radius 3 is 2.57 bits per heavy atom. The van der Waals surface area contributed by atoms with Crippen LogP contribution in [0.5, 0.6) is 0 Å². The number of carbonyl (C=O) groups is 2. The average molecular weight is 399 g/mol. The summed E-state index contributed by atoms with van der Waals surface area (Å²) in [6.07, 6.45) is 4.77. The number of amides is 2. The smallest absolute Gasteiger partial charge is 0.270 e. The lowest BCUT2D eigenvalue weighted by molar-refractivity contribution is -0.122. The van der Waals surface area contributed by atoms with Crippen LogP contribution < -0.4 is 15.1 Å². The summed E-state index contributed by atoms with van der Waals surface area (Å²) in [4.78, 5) is 28.3. The number of para-hydroxylation sites is 1. The van der Waals surface area contributed by atoms with Gasteiger partial charge in [-0.3, -0.25) is 14.9 Å². The maximum Gasteiger partial charge on any atom is 0.270 e. The molecule has 2 aliphatic heterocycles. The fourth-order valence-electron chi connectivity index (χ4n) is 3.36. The molecule has 2 saturated heterocycles. The summed E-state index contributed by atoms with van der Waals surface area (Å²) in [6.45, 7) is 1.83. The minimum Gasteiger partial charge on any atom is -0.441 e. The molecule has 0 unspecified atom stereocenters. The van der Waals surface area contributed by atoms with Crippen LogP contribution >= 0.6 is 12.2 Å². The number of piperidine rings is 1. The van der Waals surface area contributed by atoms with Gasteiger partial charge in [-0.25, -0.2) is 9.29 Å². The number of hydrogen-bond donors (Lipinski definition) is 1. The first-order valence-corrected chi connectivity index (χ1v) is 9.46. The number of nitrogens with one attached hydrogen (secondary N) is 1. The lowest BCUT2D eigenvalue weighted by Gasteiger charge is -2.29. The maximum atomic E-state index is 14.2. The van der Waals surface area contributed by atoms with Gasteiger partial charge in [0, 0.05) is 19.2 Å². The molecule has 28 heavy (non-hydrogen) atoms. The Bertz CT molecular complexity index is 979. The highest BCUT2D eigenvalue weighted by atomic mass is 32.1. The molecule has 2 fully saturated rings. The SMILES string of the molecule is O=C1NC(=S)N(c2ccccc2F)C(=O)C1=Cc1ccc(N2CCCCC2)o1. The third-order valence-corrected chi connectivity index (χ3v) is 5.05. The van der Waals surface area contributed by atoms with Crippen LogP contribution in [0.3, 0.4) is 0 Å². The van der Waals surface area contributed by atoms with Crippen molar-refractivity contribution in [1.29, 1.82) is 0 Å². The molecule has 8 heteroatoms. The van der Waals surface area contributed by atoms with Gasteiger partial charge in [0.05, 0.1) is 5.69 Å². The molecule has 4 rings (SSSR count). The second kappa shape index (κ2) is 7.55. The molecule has 3 heterocycles. The van der Waals surface area contributed by atoms with Gasteiger partial charge in [-0.1, -0.05) is 12.1 Å². The van der Waals surface area contributed by atoms with Crippen LogP contribution in [0.4, 0.5) is 16.0 Å². The quantitative estimate of drug-likeness (QED) is 0.488. The lowest BCUT2D eigenvalue weighted by Crippen LogP contribution is -2.54. The van der Waals surface area contributed by atoms with Crippen LogP contribution in [0.2, 0.25) is 0 Å². The molecule has 1 aromatic carbocycles. The van der Waals surface area contributed by atoms with E-state index in [9.17, 15) is 14.0 Å². The standard InChI is InChI=1S/C20H18FN3O3S/c21-15-6-2-3-7-16(15)24-19(26)14(18(25)22-20(24)28)12-13-8-9-17(27-13)23-10-4-1-5-11-23/h2-3,6-9,12H,1,4-5,10-11H2,(H,22,25,28). The van der Waals surface area contributed by atoms with Crippen LogP contribution in [-0.4, -0.2) is 30.0 Å². The third kappa shape index (κ3) is 3.43. The zero-order chi connectivity index (χ0) is 19.7. The van der Waals surface area contributed by atoms with E-state index < -0.39 is 17.6 Å². The number of furan rings is 1. The van der Waals surface area contributed by atoms with Crippen molar-refractivity contribution in [3.63, 3.8) is 0 Å². The summed E-state index contributed by atoms with van der Waals surface area (Å²) in [5, 5.41) is 2.28. The van der Waals surface area contributed by atoms with Gasteiger partial charge in [-0.15, -0.1) is 0 Å². The summed E-state index contributed by atoms with van der Waals surface area (Å²) < 4.78 is 20.0. The molecule has 144 valence electrons. The normalized spacial score (nSPS) is 19.3. The van der Waals surface area contributed by atoms with Crippen LogP contribution in [0.1, 0.15) is 25.0 Å². The Morgan fingerprint density at radius 2 is 1.82 bits per heavy atom. The van der Waals surface area contributed by atoms with E-state index >= 15 is 0 Å². The van der Waals surface area contributed by atoms with Crippen molar-refractivity contribution in [3.05, 3.63) is 53.5 Å². The van der Waals surface area contributed by atoms with E-state index in [1.165, 1.54) is 30.7 Å². The first kappa shape index (κ1) is 18.4. The van der Waals surface area contributed by atoms with Crippen LogP contribution in [0, 0.1) is 5.82 Å². The Balaban J connectivity index is 1.64. The topological polar surface area (TPSA) is 65.8 Å². The van der Waals surface area contributed by atoms with Crippen molar-refractivity contribution >= 4 is 46.8 Å². The number of nitrogens with zero attached hydrogens (tertiary/aromatic N) is 2. The van der Waals surface area contributed by atoms with Crippen molar-refractivity contribution in [3.8, 4) is 0 Å². The predicted molar refractivity (Wildman–Crippen MR) is 107 cm³/mol. The molecule has 0 spiro atoms. The number of thiocarbonyl (C=S) groups is 1. The average Bonchev–Trinajstić information content (AvgIpc) is 3.16. The Kier molecular flexibility index (Phi) is 4.95. The molecule has 0 bridgehead atoms. The highest BCUT2D eigenvalue weighted by molar-refractivity contribution is 7.80. The molecule has 0 radical (unpaired) electrons. The van der Waals surface area contributed by atoms with Gasteiger partial charge in [0.15, 0.2) is 11.0 Å². The molecular weight excluding hydrogens is 381 g/mol. The molecule has 2 aliphatic rings. The van der Waals surface area contributed by atoms with Gasteiger partial charge < -0.3 is 9.32 Å². The molecule has 0 saturated carbocycles.